The summed E-state index contributed by atoms with van der Waals surface area (Å²) in [6.45, 7) is 9.92. The van der Waals surface area contributed by atoms with Crippen molar-refractivity contribution in [1.82, 2.24) is 0 Å². The topological polar surface area (TPSA) is 55.5 Å². The Morgan fingerprint density at radius 1 is 1.31 bits per heavy atom. The lowest BCUT2D eigenvalue weighted by Crippen LogP contribution is -2.46. The van der Waals surface area contributed by atoms with Gasteiger partial charge in [-0.25, -0.2) is 0 Å². The summed E-state index contributed by atoms with van der Waals surface area (Å²) in [6.07, 6.45) is -0.264. The maximum Gasteiger partial charge on any atom is 0.0965 e. The Balaban J connectivity index is 4.18. The molecule has 80 valence electrons. The van der Waals surface area contributed by atoms with Crippen molar-refractivity contribution in [3.8, 4) is 0 Å². The second-order valence-electron chi connectivity index (χ2n) is 4.77. The molecule has 0 aromatic heterocycles. The molecule has 3 nitrogen and oxygen atoms in total. The standard InChI is InChI=1S/C10H23NO2/c1-7(2)9(11)8(6-12)13-10(3,4)5/h7-9,12H,6,11H2,1-5H3. The van der Waals surface area contributed by atoms with Crippen LogP contribution in [0.3, 0.4) is 0 Å². The van der Waals surface area contributed by atoms with Crippen molar-refractivity contribution in [1.29, 1.82) is 0 Å². The fourth-order valence-electron chi connectivity index (χ4n) is 1.12. The number of aliphatic hydroxyl groups is 1. The lowest BCUT2D eigenvalue weighted by Gasteiger charge is -2.31. The number of nitrogens with two attached hydrogens (primary N) is 1. The van der Waals surface area contributed by atoms with Crippen LogP contribution < -0.4 is 5.73 Å². The lowest BCUT2D eigenvalue weighted by atomic mass is 9.99. The first-order chi connectivity index (χ1) is 5.78. The average molecular weight is 189 g/mol. The molecule has 0 heterocycles. The highest BCUT2D eigenvalue weighted by Crippen LogP contribution is 2.15. The highest BCUT2D eigenvalue weighted by Gasteiger charge is 2.25. The minimum absolute atomic E-state index is 0.0172. The highest BCUT2D eigenvalue weighted by atomic mass is 16.5. The van der Waals surface area contributed by atoms with E-state index in [0.717, 1.165) is 0 Å². The van der Waals surface area contributed by atoms with E-state index in [0.29, 0.717) is 5.92 Å². The third kappa shape index (κ3) is 5.24. The Kier molecular flexibility index (Phi) is 4.89. The van der Waals surface area contributed by atoms with Crippen molar-refractivity contribution in [3.63, 3.8) is 0 Å². The zero-order valence-electron chi connectivity index (χ0n) is 9.37. The first-order valence-corrected chi connectivity index (χ1v) is 4.82. The summed E-state index contributed by atoms with van der Waals surface area (Å²) in [4.78, 5) is 0. The lowest BCUT2D eigenvalue weighted by molar-refractivity contribution is -0.0949. The Morgan fingerprint density at radius 2 is 1.77 bits per heavy atom. The third-order valence-electron chi connectivity index (χ3n) is 1.88. The minimum Gasteiger partial charge on any atom is -0.394 e. The van der Waals surface area contributed by atoms with Crippen LogP contribution in [0.25, 0.3) is 0 Å². The SMILES string of the molecule is CC(C)C(N)C(CO)OC(C)(C)C. The van der Waals surface area contributed by atoms with Crippen LogP contribution in [0.2, 0.25) is 0 Å². The van der Waals surface area contributed by atoms with Gasteiger partial charge in [-0.2, -0.15) is 0 Å². The van der Waals surface area contributed by atoms with Crippen LogP contribution in [-0.2, 0) is 4.74 Å². The monoisotopic (exact) mass is 189 g/mol. The van der Waals surface area contributed by atoms with Gasteiger partial charge in [0.05, 0.1) is 18.3 Å². The molecule has 0 amide bonds. The summed E-state index contributed by atoms with van der Waals surface area (Å²) in [7, 11) is 0. The molecule has 2 atom stereocenters. The normalized spacial score (nSPS) is 17.5. The molecule has 0 saturated carbocycles. The van der Waals surface area contributed by atoms with Gasteiger partial charge in [-0.05, 0) is 26.7 Å². The molecule has 2 unspecified atom stereocenters. The molecule has 0 aliphatic rings. The van der Waals surface area contributed by atoms with E-state index < -0.39 is 0 Å². The van der Waals surface area contributed by atoms with E-state index in [1.54, 1.807) is 0 Å². The molecule has 0 aromatic rings. The van der Waals surface area contributed by atoms with Crippen molar-refractivity contribution in [2.45, 2.75) is 52.4 Å². The predicted octanol–water partition coefficient (Wildman–Crippen LogP) is 1.15. The highest BCUT2D eigenvalue weighted by molar-refractivity contribution is 4.78. The molecule has 3 N–H and O–H groups in total. The van der Waals surface area contributed by atoms with Crippen LogP contribution >= 0.6 is 0 Å². The van der Waals surface area contributed by atoms with Crippen LogP contribution in [0.4, 0.5) is 0 Å². The van der Waals surface area contributed by atoms with Gasteiger partial charge < -0.3 is 15.6 Å². The zero-order valence-corrected chi connectivity index (χ0v) is 9.37. The molecule has 13 heavy (non-hydrogen) atoms. The number of ether oxygens (including phenoxy) is 1. The summed E-state index contributed by atoms with van der Waals surface area (Å²) >= 11 is 0. The Morgan fingerprint density at radius 3 is 2.00 bits per heavy atom. The van der Waals surface area contributed by atoms with Gasteiger partial charge in [0.25, 0.3) is 0 Å². The van der Waals surface area contributed by atoms with Crippen molar-refractivity contribution >= 4 is 0 Å². The molecule has 0 aromatic carbocycles. The Bertz CT molecular complexity index is 140. The van der Waals surface area contributed by atoms with Crippen LogP contribution in [-0.4, -0.2) is 29.5 Å². The van der Waals surface area contributed by atoms with E-state index in [-0.39, 0.29) is 24.4 Å². The Hall–Kier alpha value is -0.120. The molecule has 0 aliphatic carbocycles. The molecule has 0 bridgehead atoms. The first kappa shape index (κ1) is 12.9. The second kappa shape index (κ2) is 4.94. The van der Waals surface area contributed by atoms with E-state index in [9.17, 15) is 0 Å². The van der Waals surface area contributed by atoms with Crippen molar-refractivity contribution < 1.29 is 9.84 Å². The quantitative estimate of drug-likeness (QED) is 0.697. The molecule has 0 spiro atoms. The molecule has 0 fully saturated rings. The van der Waals surface area contributed by atoms with Gasteiger partial charge in [0, 0.05) is 6.04 Å². The fourth-order valence-corrected chi connectivity index (χ4v) is 1.12. The average Bonchev–Trinajstić information content (AvgIpc) is 1.97. The van der Waals surface area contributed by atoms with Crippen molar-refractivity contribution in [2.24, 2.45) is 11.7 Å². The van der Waals surface area contributed by atoms with Gasteiger partial charge in [0.15, 0.2) is 0 Å². The van der Waals surface area contributed by atoms with Gasteiger partial charge in [-0.3, -0.25) is 0 Å². The van der Waals surface area contributed by atoms with E-state index in [1.165, 1.54) is 0 Å². The summed E-state index contributed by atoms with van der Waals surface area (Å²) in [5.41, 5.74) is 5.64. The largest absolute Gasteiger partial charge is 0.394 e. The van der Waals surface area contributed by atoms with E-state index in [4.69, 9.17) is 15.6 Å². The van der Waals surface area contributed by atoms with Gasteiger partial charge in [0.1, 0.15) is 0 Å². The number of rotatable bonds is 4. The predicted molar refractivity (Wildman–Crippen MR) is 54.5 cm³/mol. The molecule has 0 saturated heterocycles. The van der Waals surface area contributed by atoms with Crippen LogP contribution in [0.15, 0.2) is 0 Å². The summed E-state index contributed by atoms with van der Waals surface area (Å²) < 4.78 is 5.64. The number of hydrogen-bond donors (Lipinski definition) is 2. The summed E-state index contributed by atoms with van der Waals surface area (Å²) in [5, 5.41) is 9.10. The van der Waals surface area contributed by atoms with Crippen LogP contribution in [0.5, 0.6) is 0 Å². The van der Waals surface area contributed by atoms with Gasteiger partial charge >= 0.3 is 0 Å². The molecular weight excluding hydrogens is 166 g/mol. The van der Waals surface area contributed by atoms with Crippen molar-refractivity contribution in [2.75, 3.05) is 6.61 Å². The smallest absolute Gasteiger partial charge is 0.0965 e. The molecule has 0 rings (SSSR count). The van der Waals surface area contributed by atoms with Crippen LogP contribution in [0, 0.1) is 5.92 Å². The van der Waals surface area contributed by atoms with Gasteiger partial charge in [-0.1, -0.05) is 13.8 Å². The maximum absolute atomic E-state index is 9.10. The third-order valence-corrected chi connectivity index (χ3v) is 1.88. The van der Waals surface area contributed by atoms with Gasteiger partial charge in [0.2, 0.25) is 0 Å². The summed E-state index contributed by atoms with van der Waals surface area (Å²) in [5.74, 6) is 0.319. The van der Waals surface area contributed by atoms with Gasteiger partial charge in [-0.15, -0.1) is 0 Å². The van der Waals surface area contributed by atoms with Crippen LogP contribution in [0.1, 0.15) is 34.6 Å². The fraction of sp³-hybridized carbons (Fsp3) is 1.00. The van der Waals surface area contributed by atoms with E-state index >= 15 is 0 Å². The minimum atomic E-state index is -0.264. The zero-order chi connectivity index (χ0) is 10.6. The van der Waals surface area contributed by atoms with Crippen molar-refractivity contribution in [3.05, 3.63) is 0 Å². The van der Waals surface area contributed by atoms with E-state index in [2.05, 4.69) is 0 Å². The van der Waals surface area contributed by atoms with E-state index in [1.807, 2.05) is 34.6 Å². The first-order valence-electron chi connectivity index (χ1n) is 4.82. The molecular formula is C10H23NO2. The number of aliphatic hydroxyl groups excluding tert-OH is 1. The molecule has 3 heteroatoms. The Labute approximate surface area is 81.3 Å². The molecule has 0 aliphatic heterocycles. The second-order valence-corrected chi connectivity index (χ2v) is 4.77. The molecule has 0 radical (unpaired) electrons. The maximum atomic E-state index is 9.10. The summed E-state index contributed by atoms with van der Waals surface area (Å²) in [6, 6.07) is -0.107. The number of hydrogen-bond acceptors (Lipinski definition) is 3.